The van der Waals surface area contributed by atoms with Crippen molar-refractivity contribution in [3.63, 3.8) is 0 Å². The molecule has 22 heavy (non-hydrogen) atoms. The largest absolute Gasteiger partial charge is 0.0656 e. The summed E-state index contributed by atoms with van der Waals surface area (Å²) in [5.74, 6) is 0. The molecular formula is C22H24. The molecule has 3 aromatic rings. The van der Waals surface area contributed by atoms with Gasteiger partial charge < -0.3 is 0 Å². The zero-order valence-electron chi connectivity index (χ0n) is 13.7. The van der Waals surface area contributed by atoms with Crippen molar-refractivity contribution in [2.75, 3.05) is 0 Å². The summed E-state index contributed by atoms with van der Waals surface area (Å²) in [5, 5.41) is 0. The Morgan fingerprint density at radius 3 is 1.27 bits per heavy atom. The molecule has 0 aliphatic heterocycles. The van der Waals surface area contributed by atoms with E-state index < -0.39 is 0 Å². The summed E-state index contributed by atoms with van der Waals surface area (Å²) < 4.78 is 0. The molecule has 0 N–H and O–H groups in total. The first kappa shape index (κ1) is 16.0. The molecule has 0 aliphatic carbocycles. The lowest BCUT2D eigenvalue weighted by Gasteiger charge is -2.11. The van der Waals surface area contributed by atoms with Crippen LogP contribution in [0.3, 0.4) is 0 Å². The number of rotatable bonds is 2. The summed E-state index contributed by atoms with van der Waals surface area (Å²) in [6.07, 6.45) is 1.25. The number of benzene rings is 3. The van der Waals surface area contributed by atoms with Crippen LogP contribution in [0.15, 0.2) is 78.9 Å². The van der Waals surface area contributed by atoms with Crippen LogP contribution in [0, 0.1) is 6.92 Å². The fourth-order valence-corrected chi connectivity index (χ4v) is 2.50. The second-order valence-corrected chi connectivity index (χ2v) is 5.42. The van der Waals surface area contributed by atoms with Gasteiger partial charge in [0.2, 0.25) is 0 Å². The third-order valence-electron chi connectivity index (χ3n) is 3.50. The average molecular weight is 288 g/mol. The van der Waals surface area contributed by atoms with Crippen molar-refractivity contribution in [3.8, 4) is 22.3 Å². The monoisotopic (exact) mass is 288 g/mol. The molecule has 0 aliphatic rings. The van der Waals surface area contributed by atoms with Crippen molar-refractivity contribution >= 4 is 0 Å². The molecule has 0 nitrogen and oxygen atoms in total. The molecule has 0 radical (unpaired) electrons. The van der Waals surface area contributed by atoms with Crippen LogP contribution in [0.2, 0.25) is 0 Å². The van der Waals surface area contributed by atoms with Gasteiger partial charge in [-0.05, 0) is 34.7 Å². The van der Waals surface area contributed by atoms with Crippen molar-refractivity contribution in [2.45, 2.75) is 27.2 Å². The van der Waals surface area contributed by atoms with Crippen LogP contribution >= 0.6 is 0 Å². The quantitative estimate of drug-likeness (QED) is 0.489. The summed E-state index contributed by atoms with van der Waals surface area (Å²) >= 11 is 0. The standard InChI is InChI=1S/C19H16.C3H8/c1-15-18(16-9-4-2-5-10-16)13-8-14-19(15)17-11-6-3-7-12-17;1-3-2/h2-14H,1H3;3H2,1-2H3. The molecule has 0 amide bonds. The van der Waals surface area contributed by atoms with Gasteiger partial charge in [-0.3, -0.25) is 0 Å². The van der Waals surface area contributed by atoms with Gasteiger partial charge in [0.15, 0.2) is 0 Å². The maximum Gasteiger partial charge on any atom is -0.0149 e. The lowest BCUT2D eigenvalue weighted by Crippen LogP contribution is -1.87. The van der Waals surface area contributed by atoms with E-state index in [9.17, 15) is 0 Å². The van der Waals surface area contributed by atoms with E-state index in [1.807, 2.05) is 0 Å². The van der Waals surface area contributed by atoms with E-state index in [1.54, 1.807) is 0 Å². The zero-order valence-corrected chi connectivity index (χ0v) is 13.7. The van der Waals surface area contributed by atoms with Crippen LogP contribution in [0.5, 0.6) is 0 Å². The predicted molar refractivity (Wildman–Crippen MR) is 98.0 cm³/mol. The molecule has 3 rings (SSSR count). The minimum Gasteiger partial charge on any atom is -0.0656 e. The predicted octanol–water partition coefficient (Wildman–Crippen LogP) is 6.75. The third-order valence-corrected chi connectivity index (χ3v) is 3.50. The summed E-state index contributed by atoms with van der Waals surface area (Å²) in [4.78, 5) is 0. The summed E-state index contributed by atoms with van der Waals surface area (Å²) in [7, 11) is 0. The maximum atomic E-state index is 2.20. The van der Waals surface area contributed by atoms with Crippen molar-refractivity contribution in [1.29, 1.82) is 0 Å². The zero-order chi connectivity index (χ0) is 15.8. The fraction of sp³-hybridized carbons (Fsp3) is 0.182. The van der Waals surface area contributed by atoms with Crippen molar-refractivity contribution in [2.24, 2.45) is 0 Å². The molecule has 0 saturated heterocycles. The van der Waals surface area contributed by atoms with Gasteiger partial charge in [0, 0.05) is 0 Å². The van der Waals surface area contributed by atoms with Crippen molar-refractivity contribution in [3.05, 3.63) is 84.4 Å². The molecule has 0 heteroatoms. The molecular weight excluding hydrogens is 264 g/mol. The van der Waals surface area contributed by atoms with Crippen LogP contribution in [0.25, 0.3) is 22.3 Å². The number of hydrogen-bond acceptors (Lipinski definition) is 0. The van der Waals surface area contributed by atoms with E-state index in [1.165, 1.54) is 34.2 Å². The first-order valence-corrected chi connectivity index (χ1v) is 7.98. The second kappa shape index (κ2) is 8.19. The minimum absolute atomic E-state index is 1.25. The van der Waals surface area contributed by atoms with E-state index in [2.05, 4.69) is 99.6 Å². The van der Waals surface area contributed by atoms with E-state index in [4.69, 9.17) is 0 Å². The SMILES string of the molecule is CCC.Cc1c(-c2ccccc2)cccc1-c1ccccc1. The van der Waals surface area contributed by atoms with Gasteiger partial charge in [-0.1, -0.05) is 99.1 Å². The Bertz CT molecular complexity index is 624. The number of hydrogen-bond donors (Lipinski definition) is 0. The smallest absolute Gasteiger partial charge is 0.0149 e. The minimum atomic E-state index is 1.25. The van der Waals surface area contributed by atoms with Crippen LogP contribution in [0.1, 0.15) is 25.8 Å². The molecule has 0 atom stereocenters. The van der Waals surface area contributed by atoms with Gasteiger partial charge in [-0.25, -0.2) is 0 Å². The van der Waals surface area contributed by atoms with Gasteiger partial charge in [-0.2, -0.15) is 0 Å². The maximum absolute atomic E-state index is 2.20. The molecule has 0 heterocycles. The highest BCUT2D eigenvalue weighted by atomic mass is 14.1. The van der Waals surface area contributed by atoms with Gasteiger partial charge in [-0.15, -0.1) is 0 Å². The van der Waals surface area contributed by atoms with E-state index in [-0.39, 0.29) is 0 Å². The second-order valence-electron chi connectivity index (χ2n) is 5.42. The average Bonchev–Trinajstić information content (AvgIpc) is 2.57. The highest BCUT2D eigenvalue weighted by Crippen LogP contribution is 2.31. The first-order chi connectivity index (χ1) is 10.8. The van der Waals surface area contributed by atoms with Gasteiger partial charge in [0.05, 0.1) is 0 Å². The highest BCUT2D eigenvalue weighted by molar-refractivity contribution is 5.78. The third kappa shape index (κ3) is 3.85. The first-order valence-electron chi connectivity index (χ1n) is 7.98. The molecule has 0 bridgehead atoms. The Labute approximate surface area is 134 Å². The van der Waals surface area contributed by atoms with E-state index in [0.717, 1.165) is 0 Å². The Balaban J connectivity index is 0.000000545. The van der Waals surface area contributed by atoms with Crippen LogP contribution < -0.4 is 0 Å². The lowest BCUT2D eigenvalue weighted by atomic mass is 9.93. The topological polar surface area (TPSA) is 0 Å². The molecule has 0 unspecified atom stereocenters. The van der Waals surface area contributed by atoms with Crippen LogP contribution in [-0.4, -0.2) is 0 Å². The summed E-state index contributed by atoms with van der Waals surface area (Å²) in [5.41, 5.74) is 6.50. The van der Waals surface area contributed by atoms with Crippen LogP contribution in [0.4, 0.5) is 0 Å². The van der Waals surface area contributed by atoms with Crippen molar-refractivity contribution < 1.29 is 0 Å². The fourth-order valence-electron chi connectivity index (χ4n) is 2.50. The summed E-state index contributed by atoms with van der Waals surface area (Å²) in [6.45, 7) is 6.45. The van der Waals surface area contributed by atoms with Gasteiger partial charge in [0.1, 0.15) is 0 Å². The molecule has 112 valence electrons. The molecule has 3 aromatic carbocycles. The normalized spacial score (nSPS) is 9.77. The Kier molecular flexibility index (Phi) is 5.97. The van der Waals surface area contributed by atoms with E-state index >= 15 is 0 Å². The van der Waals surface area contributed by atoms with Crippen LogP contribution in [-0.2, 0) is 0 Å². The Morgan fingerprint density at radius 1 is 0.545 bits per heavy atom. The molecule has 0 saturated carbocycles. The Morgan fingerprint density at radius 2 is 0.909 bits per heavy atom. The summed E-state index contributed by atoms with van der Waals surface area (Å²) in [6, 6.07) is 27.6. The van der Waals surface area contributed by atoms with Gasteiger partial charge >= 0.3 is 0 Å². The molecule has 0 fully saturated rings. The Hall–Kier alpha value is -2.34. The lowest BCUT2D eigenvalue weighted by molar-refractivity contribution is 1.09. The van der Waals surface area contributed by atoms with E-state index in [0.29, 0.717) is 0 Å². The van der Waals surface area contributed by atoms with Crippen molar-refractivity contribution in [1.82, 2.24) is 0 Å². The highest BCUT2D eigenvalue weighted by Gasteiger charge is 2.06. The molecule has 0 spiro atoms. The molecule has 0 aromatic heterocycles. The van der Waals surface area contributed by atoms with Gasteiger partial charge in [0.25, 0.3) is 0 Å².